The number of hydrogen-bond donors (Lipinski definition) is 1. The van der Waals surface area contributed by atoms with Gasteiger partial charge in [0.1, 0.15) is 17.9 Å². The number of anilines is 2. The van der Waals surface area contributed by atoms with E-state index in [1.54, 1.807) is 39.0 Å². The Morgan fingerprint density at radius 2 is 2.04 bits per heavy atom. The molecule has 0 atom stereocenters. The number of benzene rings is 1. The Morgan fingerprint density at radius 1 is 1.33 bits per heavy atom. The SMILES string of the molecule is COC(=O)CN1C(=O)COc2ccc(NC(=O)OC(C)(C)C)cc21. The minimum atomic E-state index is -0.631. The Labute approximate surface area is 139 Å². The van der Waals surface area contributed by atoms with Crippen molar-refractivity contribution in [2.24, 2.45) is 0 Å². The number of hydrogen-bond acceptors (Lipinski definition) is 6. The van der Waals surface area contributed by atoms with Gasteiger partial charge in [-0.3, -0.25) is 19.8 Å². The summed E-state index contributed by atoms with van der Waals surface area (Å²) in [5.74, 6) is -0.489. The fraction of sp³-hybridized carbons (Fsp3) is 0.438. The van der Waals surface area contributed by atoms with E-state index in [-0.39, 0.29) is 19.1 Å². The number of fused-ring (bicyclic) bond motifs is 1. The van der Waals surface area contributed by atoms with Crippen LogP contribution >= 0.6 is 0 Å². The Kier molecular flexibility index (Phi) is 4.96. The summed E-state index contributed by atoms with van der Waals surface area (Å²) in [5, 5.41) is 2.58. The third kappa shape index (κ3) is 4.37. The van der Waals surface area contributed by atoms with Crippen LogP contribution in [0.1, 0.15) is 20.8 Å². The first-order valence-corrected chi connectivity index (χ1v) is 7.33. The number of rotatable bonds is 3. The van der Waals surface area contributed by atoms with Gasteiger partial charge in [-0.05, 0) is 39.0 Å². The molecule has 1 aromatic rings. The molecule has 1 N–H and O–H groups in total. The molecule has 0 saturated carbocycles. The molecule has 0 spiro atoms. The van der Waals surface area contributed by atoms with E-state index in [2.05, 4.69) is 10.1 Å². The van der Waals surface area contributed by atoms with Crippen molar-refractivity contribution in [1.29, 1.82) is 0 Å². The van der Waals surface area contributed by atoms with E-state index in [0.29, 0.717) is 17.1 Å². The Morgan fingerprint density at radius 3 is 2.67 bits per heavy atom. The molecule has 0 fully saturated rings. The molecule has 2 amide bonds. The topological polar surface area (TPSA) is 94.2 Å². The highest BCUT2D eigenvalue weighted by Gasteiger charge is 2.28. The molecule has 0 unspecified atom stereocenters. The second-order valence-electron chi connectivity index (χ2n) is 6.15. The van der Waals surface area contributed by atoms with Gasteiger partial charge >= 0.3 is 12.1 Å². The summed E-state index contributed by atoms with van der Waals surface area (Å²) in [6.07, 6.45) is -0.620. The first-order chi connectivity index (χ1) is 11.2. The van der Waals surface area contributed by atoms with Crippen LogP contribution in [0.3, 0.4) is 0 Å². The third-order valence-electron chi connectivity index (χ3n) is 3.06. The van der Waals surface area contributed by atoms with Crippen molar-refractivity contribution >= 4 is 29.3 Å². The number of carbonyl (C=O) groups excluding carboxylic acids is 3. The summed E-state index contributed by atoms with van der Waals surface area (Å²) in [5.41, 5.74) is 0.162. The van der Waals surface area contributed by atoms with Gasteiger partial charge in [0.2, 0.25) is 0 Å². The fourth-order valence-electron chi connectivity index (χ4n) is 2.07. The summed E-state index contributed by atoms with van der Waals surface area (Å²) in [6.45, 7) is 4.86. The van der Waals surface area contributed by atoms with Gasteiger partial charge in [-0.1, -0.05) is 0 Å². The van der Waals surface area contributed by atoms with Gasteiger partial charge in [-0.2, -0.15) is 0 Å². The lowest BCUT2D eigenvalue weighted by Crippen LogP contribution is -2.42. The molecule has 1 aliphatic heterocycles. The van der Waals surface area contributed by atoms with E-state index in [1.807, 2.05) is 0 Å². The number of nitrogens with one attached hydrogen (secondary N) is 1. The van der Waals surface area contributed by atoms with Gasteiger partial charge in [0.05, 0.1) is 12.8 Å². The minimum Gasteiger partial charge on any atom is -0.482 e. The molecule has 24 heavy (non-hydrogen) atoms. The van der Waals surface area contributed by atoms with E-state index in [1.165, 1.54) is 12.0 Å². The molecule has 1 aromatic carbocycles. The van der Waals surface area contributed by atoms with Crippen LogP contribution in [-0.2, 0) is 19.1 Å². The summed E-state index contributed by atoms with van der Waals surface area (Å²) in [6, 6.07) is 4.77. The quantitative estimate of drug-likeness (QED) is 0.848. The summed E-state index contributed by atoms with van der Waals surface area (Å²) < 4.78 is 15.1. The highest BCUT2D eigenvalue weighted by Crippen LogP contribution is 2.34. The molecule has 1 heterocycles. The van der Waals surface area contributed by atoms with Crippen molar-refractivity contribution in [2.45, 2.75) is 26.4 Å². The Bertz CT molecular complexity index is 665. The van der Waals surface area contributed by atoms with Crippen LogP contribution in [0, 0.1) is 0 Å². The van der Waals surface area contributed by atoms with Crippen molar-refractivity contribution in [2.75, 3.05) is 30.5 Å². The third-order valence-corrected chi connectivity index (χ3v) is 3.06. The second-order valence-corrected chi connectivity index (χ2v) is 6.15. The lowest BCUT2D eigenvalue weighted by atomic mass is 10.2. The molecule has 0 bridgehead atoms. The molecule has 0 aliphatic carbocycles. The molecule has 2 rings (SSSR count). The van der Waals surface area contributed by atoms with Crippen LogP contribution in [0.2, 0.25) is 0 Å². The van der Waals surface area contributed by atoms with Crippen molar-refractivity contribution in [1.82, 2.24) is 0 Å². The number of amides is 2. The molecule has 8 nitrogen and oxygen atoms in total. The van der Waals surface area contributed by atoms with Crippen LogP contribution in [0.4, 0.5) is 16.2 Å². The summed E-state index contributed by atoms with van der Waals surface area (Å²) >= 11 is 0. The van der Waals surface area contributed by atoms with Gasteiger partial charge in [0, 0.05) is 5.69 Å². The largest absolute Gasteiger partial charge is 0.482 e. The van der Waals surface area contributed by atoms with Crippen molar-refractivity contribution < 1.29 is 28.6 Å². The standard InChI is InChI=1S/C16H20N2O6/c1-16(2,3)24-15(21)17-10-5-6-12-11(7-10)18(8-14(20)22-4)13(19)9-23-12/h5-7H,8-9H2,1-4H3,(H,17,21). The maximum atomic E-state index is 12.0. The highest BCUT2D eigenvalue weighted by molar-refractivity contribution is 6.02. The predicted molar refractivity (Wildman–Crippen MR) is 86.2 cm³/mol. The van der Waals surface area contributed by atoms with Gasteiger partial charge in [0.15, 0.2) is 6.61 Å². The van der Waals surface area contributed by atoms with Crippen LogP contribution in [0.15, 0.2) is 18.2 Å². The normalized spacial score (nSPS) is 13.7. The van der Waals surface area contributed by atoms with E-state index in [0.717, 1.165) is 0 Å². The molecular formula is C16H20N2O6. The molecule has 0 radical (unpaired) electrons. The molecule has 0 saturated heterocycles. The van der Waals surface area contributed by atoms with E-state index in [9.17, 15) is 14.4 Å². The van der Waals surface area contributed by atoms with Crippen molar-refractivity contribution in [3.05, 3.63) is 18.2 Å². The summed E-state index contributed by atoms with van der Waals surface area (Å²) in [4.78, 5) is 36.6. The molecule has 0 aromatic heterocycles. The van der Waals surface area contributed by atoms with Crippen LogP contribution in [-0.4, -0.2) is 43.8 Å². The zero-order valence-electron chi connectivity index (χ0n) is 14.0. The van der Waals surface area contributed by atoms with E-state index in [4.69, 9.17) is 9.47 Å². The van der Waals surface area contributed by atoms with Crippen LogP contribution < -0.4 is 15.0 Å². The van der Waals surface area contributed by atoms with E-state index >= 15 is 0 Å². The smallest absolute Gasteiger partial charge is 0.412 e. The van der Waals surface area contributed by atoms with Gasteiger partial charge in [-0.25, -0.2) is 4.79 Å². The van der Waals surface area contributed by atoms with Gasteiger partial charge in [-0.15, -0.1) is 0 Å². The second kappa shape index (κ2) is 6.77. The molecule has 8 heteroatoms. The summed E-state index contributed by atoms with van der Waals surface area (Å²) in [7, 11) is 1.24. The van der Waals surface area contributed by atoms with Crippen LogP contribution in [0.25, 0.3) is 0 Å². The lowest BCUT2D eigenvalue weighted by molar-refractivity contribution is -0.140. The first-order valence-electron chi connectivity index (χ1n) is 7.33. The minimum absolute atomic E-state index is 0.164. The zero-order valence-corrected chi connectivity index (χ0v) is 14.0. The Balaban J connectivity index is 2.22. The van der Waals surface area contributed by atoms with Gasteiger partial charge in [0.25, 0.3) is 5.91 Å². The predicted octanol–water partition coefficient (Wildman–Crippen LogP) is 1.93. The number of esters is 1. The first kappa shape index (κ1) is 17.6. The molecule has 1 aliphatic rings. The van der Waals surface area contributed by atoms with E-state index < -0.39 is 17.7 Å². The van der Waals surface area contributed by atoms with Crippen LogP contribution in [0.5, 0.6) is 5.75 Å². The van der Waals surface area contributed by atoms with Crippen molar-refractivity contribution in [3.8, 4) is 5.75 Å². The van der Waals surface area contributed by atoms with Gasteiger partial charge < -0.3 is 14.2 Å². The monoisotopic (exact) mass is 336 g/mol. The zero-order chi connectivity index (χ0) is 17.9. The molecular weight excluding hydrogens is 316 g/mol. The van der Waals surface area contributed by atoms with Crippen molar-refractivity contribution in [3.63, 3.8) is 0 Å². The fourth-order valence-corrected chi connectivity index (χ4v) is 2.07. The average molecular weight is 336 g/mol. The number of nitrogens with zero attached hydrogens (tertiary/aromatic N) is 1. The number of methoxy groups -OCH3 is 1. The lowest BCUT2D eigenvalue weighted by Gasteiger charge is -2.29. The molecule has 130 valence electrons. The maximum Gasteiger partial charge on any atom is 0.412 e. The number of ether oxygens (including phenoxy) is 3. The maximum absolute atomic E-state index is 12.0. The number of carbonyl (C=O) groups is 3. The highest BCUT2D eigenvalue weighted by atomic mass is 16.6. The Hall–Kier alpha value is -2.77. The average Bonchev–Trinajstić information content (AvgIpc) is 2.48.